The lowest BCUT2D eigenvalue weighted by Gasteiger charge is -2.29. The number of aryl methyl sites for hydroxylation is 1. The molecule has 0 fully saturated rings. The van der Waals surface area contributed by atoms with Crippen molar-refractivity contribution in [1.29, 1.82) is 0 Å². The van der Waals surface area contributed by atoms with E-state index in [0.717, 1.165) is 5.39 Å². The molecule has 0 saturated carbocycles. The standard InChI is InChI=1S/C24H25F2N3O3/c1-13-7-15(5-6-17(13)25)29-20-8-14-11-27-28-19(14)9-16(20)22(18(26)10-21(30)31)23(29)24(2,3)12-32-4/h5-9,11,18H,10,12H2,1-4H3,(H,27,28)(H,30,31)/t18-/m0/s1. The molecule has 0 bridgehead atoms. The highest BCUT2D eigenvalue weighted by Crippen LogP contribution is 2.43. The molecule has 2 aromatic carbocycles. The minimum Gasteiger partial charge on any atom is -0.481 e. The number of nitrogens with zero attached hydrogens (tertiary/aromatic N) is 2. The molecule has 1 atom stereocenters. The van der Waals surface area contributed by atoms with Crippen LogP contribution in [0.25, 0.3) is 27.5 Å². The maximum Gasteiger partial charge on any atom is 0.306 e. The number of methoxy groups -OCH3 is 1. The predicted molar refractivity (Wildman–Crippen MR) is 119 cm³/mol. The molecule has 8 heteroatoms. The van der Waals surface area contributed by atoms with Crippen LogP contribution >= 0.6 is 0 Å². The van der Waals surface area contributed by atoms with Gasteiger partial charge in [-0.1, -0.05) is 13.8 Å². The van der Waals surface area contributed by atoms with Crippen molar-refractivity contribution in [2.24, 2.45) is 0 Å². The van der Waals surface area contributed by atoms with Crippen LogP contribution in [-0.4, -0.2) is 39.6 Å². The molecule has 0 radical (unpaired) electrons. The minimum absolute atomic E-state index is 0.274. The number of H-pyrrole nitrogens is 1. The lowest BCUT2D eigenvalue weighted by atomic mass is 9.85. The molecule has 0 amide bonds. The van der Waals surface area contributed by atoms with E-state index in [0.29, 0.717) is 38.9 Å². The van der Waals surface area contributed by atoms with Crippen LogP contribution in [0.4, 0.5) is 8.78 Å². The van der Waals surface area contributed by atoms with E-state index in [1.807, 2.05) is 24.5 Å². The molecular formula is C24H25F2N3O3. The van der Waals surface area contributed by atoms with Gasteiger partial charge in [0, 0.05) is 40.2 Å². The summed E-state index contributed by atoms with van der Waals surface area (Å²) >= 11 is 0. The minimum atomic E-state index is -1.75. The van der Waals surface area contributed by atoms with E-state index in [9.17, 15) is 14.3 Å². The first-order chi connectivity index (χ1) is 15.1. The number of aromatic amines is 1. The Balaban J connectivity index is 2.17. The molecule has 32 heavy (non-hydrogen) atoms. The number of fused-ring (bicyclic) bond motifs is 2. The fraction of sp³-hybridized carbons (Fsp3) is 0.333. The zero-order chi connectivity index (χ0) is 23.2. The fourth-order valence-corrected chi connectivity index (χ4v) is 4.45. The third kappa shape index (κ3) is 3.64. The monoisotopic (exact) mass is 441 g/mol. The lowest BCUT2D eigenvalue weighted by Crippen LogP contribution is -2.28. The Labute approximate surface area is 183 Å². The maximum atomic E-state index is 15.6. The second-order valence-corrected chi connectivity index (χ2v) is 8.74. The van der Waals surface area contributed by atoms with Crippen molar-refractivity contribution in [2.75, 3.05) is 13.7 Å². The number of hydrogen-bond acceptors (Lipinski definition) is 3. The van der Waals surface area contributed by atoms with Crippen LogP contribution in [0.5, 0.6) is 0 Å². The zero-order valence-corrected chi connectivity index (χ0v) is 18.4. The summed E-state index contributed by atoms with van der Waals surface area (Å²) in [5.41, 5.74) is 2.72. The number of carbonyl (C=O) groups is 1. The maximum absolute atomic E-state index is 15.6. The third-order valence-electron chi connectivity index (χ3n) is 5.78. The van der Waals surface area contributed by atoms with E-state index < -0.39 is 24.0 Å². The molecule has 0 aliphatic carbocycles. The van der Waals surface area contributed by atoms with E-state index in [2.05, 4.69) is 10.2 Å². The summed E-state index contributed by atoms with van der Waals surface area (Å²) in [6, 6.07) is 8.40. The summed E-state index contributed by atoms with van der Waals surface area (Å²) in [6.45, 7) is 5.78. The predicted octanol–water partition coefficient (Wildman–Crippen LogP) is 5.36. The molecule has 0 unspecified atom stereocenters. The van der Waals surface area contributed by atoms with Crippen molar-refractivity contribution in [3.05, 3.63) is 59.2 Å². The number of hydrogen-bond donors (Lipinski definition) is 2. The number of carboxylic acids is 1. The van der Waals surface area contributed by atoms with Gasteiger partial charge in [-0.05, 0) is 42.8 Å². The lowest BCUT2D eigenvalue weighted by molar-refractivity contribution is -0.138. The smallest absolute Gasteiger partial charge is 0.306 e. The summed E-state index contributed by atoms with van der Waals surface area (Å²) in [7, 11) is 1.57. The Hall–Kier alpha value is -3.26. The first kappa shape index (κ1) is 22.0. The normalized spacial score (nSPS) is 13.2. The topological polar surface area (TPSA) is 80.1 Å². The summed E-state index contributed by atoms with van der Waals surface area (Å²) in [5, 5.41) is 17.7. The van der Waals surface area contributed by atoms with E-state index in [1.54, 1.807) is 38.4 Å². The van der Waals surface area contributed by atoms with Gasteiger partial charge in [-0.15, -0.1) is 0 Å². The van der Waals surface area contributed by atoms with Crippen molar-refractivity contribution >= 4 is 27.8 Å². The number of benzene rings is 2. The quantitative estimate of drug-likeness (QED) is 0.404. The number of carboxylic acid groups (broad SMARTS) is 1. The van der Waals surface area contributed by atoms with Crippen molar-refractivity contribution in [3.63, 3.8) is 0 Å². The molecular weight excluding hydrogens is 416 g/mol. The number of alkyl halides is 1. The number of rotatable bonds is 7. The second kappa shape index (κ2) is 8.02. The van der Waals surface area contributed by atoms with Gasteiger partial charge in [-0.2, -0.15) is 5.10 Å². The van der Waals surface area contributed by atoms with E-state index >= 15 is 4.39 Å². The average molecular weight is 441 g/mol. The van der Waals surface area contributed by atoms with Crippen molar-refractivity contribution in [2.45, 2.75) is 38.8 Å². The molecule has 168 valence electrons. The molecule has 4 rings (SSSR count). The van der Waals surface area contributed by atoms with Crippen LogP contribution in [0.3, 0.4) is 0 Å². The highest BCUT2D eigenvalue weighted by Gasteiger charge is 2.35. The van der Waals surface area contributed by atoms with Gasteiger partial charge >= 0.3 is 5.97 Å². The van der Waals surface area contributed by atoms with Gasteiger partial charge in [0.25, 0.3) is 0 Å². The van der Waals surface area contributed by atoms with Crippen molar-refractivity contribution in [3.8, 4) is 5.69 Å². The summed E-state index contributed by atoms with van der Waals surface area (Å²) in [5.74, 6) is -1.57. The van der Waals surface area contributed by atoms with Gasteiger partial charge < -0.3 is 14.4 Å². The molecule has 2 heterocycles. The van der Waals surface area contributed by atoms with Crippen LogP contribution in [0.1, 0.15) is 43.3 Å². The van der Waals surface area contributed by atoms with Gasteiger partial charge in [0.05, 0.1) is 30.3 Å². The summed E-state index contributed by atoms with van der Waals surface area (Å²) in [6.07, 6.45) is -0.742. The number of aromatic nitrogens is 3. The van der Waals surface area contributed by atoms with Crippen molar-refractivity contribution < 1.29 is 23.4 Å². The number of halogens is 2. The highest BCUT2D eigenvalue weighted by molar-refractivity contribution is 5.99. The molecule has 0 aliphatic heterocycles. The van der Waals surface area contributed by atoms with Gasteiger partial charge in [-0.3, -0.25) is 9.89 Å². The first-order valence-corrected chi connectivity index (χ1v) is 10.3. The Kier molecular flexibility index (Phi) is 5.50. The largest absolute Gasteiger partial charge is 0.481 e. The van der Waals surface area contributed by atoms with Crippen molar-refractivity contribution in [1.82, 2.24) is 14.8 Å². The van der Waals surface area contributed by atoms with Crippen LogP contribution in [-0.2, 0) is 14.9 Å². The molecule has 0 aliphatic rings. The van der Waals surface area contributed by atoms with Gasteiger partial charge in [0.15, 0.2) is 0 Å². The molecule has 6 nitrogen and oxygen atoms in total. The average Bonchev–Trinajstić information content (AvgIpc) is 3.29. The van der Waals surface area contributed by atoms with Gasteiger partial charge in [0.2, 0.25) is 0 Å². The molecule has 2 aromatic heterocycles. The number of ether oxygens (including phenoxy) is 1. The molecule has 0 spiro atoms. The Morgan fingerprint density at radius 3 is 2.72 bits per heavy atom. The Bertz CT molecular complexity index is 1320. The number of nitrogens with one attached hydrogen (secondary N) is 1. The number of aliphatic carboxylic acids is 1. The summed E-state index contributed by atoms with van der Waals surface area (Å²) in [4.78, 5) is 11.4. The van der Waals surface area contributed by atoms with Crippen LogP contribution in [0, 0.1) is 12.7 Å². The fourth-order valence-electron chi connectivity index (χ4n) is 4.45. The van der Waals surface area contributed by atoms with E-state index in [1.165, 1.54) is 6.07 Å². The van der Waals surface area contributed by atoms with Crippen LogP contribution in [0.15, 0.2) is 36.5 Å². The van der Waals surface area contributed by atoms with Gasteiger partial charge in [-0.25, -0.2) is 8.78 Å². The van der Waals surface area contributed by atoms with E-state index in [4.69, 9.17) is 4.74 Å². The highest BCUT2D eigenvalue weighted by atomic mass is 19.1. The summed E-state index contributed by atoms with van der Waals surface area (Å²) < 4.78 is 37.0. The molecule has 0 saturated heterocycles. The van der Waals surface area contributed by atoms with Crippen LogP contribution < -0.4 is 0 Å². The van der Waals surface area contributed by atoms with E-state index in [-0.39, 0.29) is 12.4 Å². The first-order valence-electron chi connectivity index (χ1n) is 10.3. The Morgan fingerprint density at radius 2 is 2.06 bits per heavy atom. The SMILES string of the molecule is COCC(C)(C)c1c([C@@H](F)CC(=O)O)c2cc3[nH]ncc3cc2n1-c1ccc(F)c(C)c1. The third-order valence-corrected chi connectivity index (χ3v) is 5.78. The Morgan fingerprint density at radius 1 is 1.31 bits per heavy atom. The van der Waals surface area contributed by atoms with Crippen LogP contribution in [0.2, 0.25) is 0 Å². The molecule has 4 aromatic rings. The molecule has 2 N–H and O–H groups in total. The van der Waals surface area contributed by atoms with Gasteiger partial charge in [0.1, 0.15) is 12.0 Å². The zero-order valence-electron chi connectivity index (χ0n) is 18.4. The second-order valence-electron chi connectivity index (χ2n) is 8.74.